The van der Waals surface area contributed by atoms with Crippen LogP contribution in [0.25, 0.3) is 0 Å². The summed E-state index contributed by atoms with van der Waals surface area (Å²) in [6.45, 7) is 6.92. The van der Waals surface area contributed by atoms with Crippen LogP contribution >= 0.6 is 0 Å². The number of carbonyl (C=O) groups excluding carboxylic acids is 1. The summed E-state index contributed by atoms with van der Waals surface area (Å²) in [5.41, 5.74) is 4.62. The minimum atomic E-state index is -0.260. The number of aryl methyl sites for hydroxylation is 1. The van der Waals surface area contributed by atoms with Gasteiger partial charge >= 0.3 is 0 Å². The van der Waals surface area contributed by atoms with Crippen LogP contribution in [-0.2, 0) is 21.5 Å². The van der Waals surface area contributed by atoms with Gasteiger partial charge in [-0.2, -0.15) is 4.98 Å². The highest BCUT2D eigenvalue weighted by Crippen LogP contribution is 2.43. The van der Waals surface area contributed by atoms with Gasteiger partial charge in [-0.25, -0.2) is 9.97 Å². The first-order chi connectivity index (χ1) is 17.4. The lowest BCUT2D eigenvalue weighted by Crippen LogP contribution is -2.33. The Bertz CT molecular complexity index is 1280. The zero-order valence-corrected chi connectivity index (χ0v) is 21.3. The highest BCUT2D eigenvalue weighted by Gasteiger charge is 2.42. The summed E-state index contributed by atoms with van der Waals surface area (Å²) in [4.78, 5) is 30.6. The summed E-state index contributed by atoms with van der Waals surface area (Å²) in [7, 11) is 3.63. The zero-order chi connectivity index (χ0) is 25.3. The van der Waals surface area contributed by atoms with E-state index in [0.29, 0.717) is 32.1 Å². The average Bonchev–Trinajstić information content (AvgIpc) is 3.40. The lowest BCUT2D eigenvalue weighted by molar-refractivity contribution is -0.117. The largest absolute Gasteiger partial charge is 0.384 e. The summed E-state index contributed by atoms with van der Waals surface area (Å²) in [5.74, 6) is 2.38. The SMILES string of the molecule is CNCc1cccc(N2C[C@](C)(COC)c3cnc(Nc4ccc(N5CCCC5=O)c(C)c4)nc32)n1. The summed E-state index contributed by atoms with van der Waals surface area (Å²) in [6.07, 6.45) is 3.42. The Morgan fingerprint density at radius 2 is 2.03 bits per heavy atom. The third-order valence-corrected chi connectivity index (χ3v) is 6.89. The van der Waals surface area contributed by atoms with E-state index in [9.17, 15) is 4.79 Å². The van der Waals surface area contributed by atoms with Crippen molar-refractivity contribution < 1.29 is 9.53 Å². The minimum absolute atomic E-state index is 0.187. The van der Waals surface area contributed by atoms with Crippen LogP contribution in [0.5, 0.6) is 0 Å². The van der Waals surface area contributed by atoms with E-state index in [0.717, 1.165) is 52.8 Å². The molecule has 1 atom stereocenters. The van der Waals surface area contributed by atoms with E-state index in [1.807, 2.05) is 61.5 Å². The van der Waals surface area contributed by atoms with Gasteiger partial charge in [-0.1, -0.05) is 13.0 Å². The summed E-state index contributed by atoms with van der Waals surface area (Å²) < 4.78 is 5.58. The van der Waals surface area contributed by atoms with Crippen LogP contribution in [0.15, 0.2) is 42.6 Å². The van der Waals surface area contributed by atoms with Gasteiger partial charge in [0.2, 0.25) is 11.9 Å². The van der Waals surface area contributed by atoms with Crippen molar-refractivity contribution in [3.05, 3.63) is 59.4 Å². The maximum atomic E-state index is 12.2. The molecule has 9 heteroatoms. The van der Waals surface area contributed by atoms with Crippen molar-refractivity contribution in [2.24, 2.45) is 0 Å². The number of anilines is 5. The molecule has 2 aliphatic heterocycles. The van der Waals surface area contributed by atoms with Crippen LogP contribution in [0.1, 0.15) is 36.6 Å². The van der Waals surface area contributed by atoms with Crippen LogP contribution in [0.3, 0.4) is 0 Å². The number of pyridine rings is 1. The second kappa shape index (κ2) is 9.83. The van der Waals surface area contributed by atoms with Crippen molar-refractivity contribution >= 4 is 34.9 Å². The van der Waals surface area contributed by atoms with Crippen molar-refractivity contribution in [1.29, 1.82) is 0 Å². The molecule has 0 spiro atoms. The van der Waals surface area contributed by atoms with E-state index in [1.54, 1.807) is 7.11 Å². The quantitative estimate of drug-likeness (QED) is 0.495. The molecule has 3 aromatic rings. The van der Waals surface area contributed by atoms with E-state index in [2.05, 4.69) is 27.4 Å². The number of amides is 1. The van der Waals surface area contributed by atoms with Gasteiger partial charge < -0.3 is 25.2 Å². The van der Waals surface area contributed by atoms with Gasteiger partial charge in [0.05, 0.1) is 12.3 Å². The van der Waals surface area contributed by atoms with Gasteiger partial charge in [0.25, 0.3) is 0 Å². The molecule has 0 radical (unpaired) electrons. The number of methoxy groups -OCH3 is 1. The molecule has 5 rings (SSSR count). The number of ether oxygens (including phenoxy) is 1. The van der Waals surface area contributed by atoms with Crippen LogP contribution in [0.4, 0.5) is 29.0 Å². The zero-order valence-electron chi connectivity index (χ0n) is 21.3. The van der Waals surface area contributed by atoms with E-state index < -0.39 is 0 Å². The van der Waals surface area contributed by atoms with E-state index in [-0.39, 0.29) is 11.3 Å². The molecular formula is C27H33N7O2. The van der Waals surface area contributed by atoms with Crippen molar-refractivity contribution in [3.63, 3.8) is 0 Å². The first-order valence-corrected chi connectivity index (χ1v) is 12.3. The van der Waals surface area contributed by atoms with Crippen molar-refractivity contribution in [2.45, 2.75) is 38.6 Å². The number of nitrogens with one attached hydrogen (secondary N) is 2. The van der Waals surface area contributed by atoms with Crippen LogP contribution in [0, 0.1) is 6.92 Å². The fourth-order valence-corrected chi connectivity index (χ4v) is 5.17. The Kier molecular flexibility index (Phi) is 6.59. The fraction of sp³-hybridized carbons (Fsp3) is 0.407. The van der Waals surface area contributed by atoms with Gasteiger partial charge in [-0.05, 0) is 56.3 Å². The first-order valence-electron chi connectivity index (χ1n) is 12.3. The Hall–Kier alpha value is -3.56. The summed E-state index contributed by atoms with van der Waals surface area (Å²) >= 11 is 0. The first kappa shape index (κ1) is 24.1. The molecule has 0 bridgehead atoms. The standard InChI is InChI=1S/C27H33N7O2/c1-18-13-19(10-11-22(18)33-12-6-9-24(33)35)31-26-29-15-21-25(32-26)34(16-27(21,2)17-36-4)23-8-5-7-20(30-23)14-28-3/h5,7-8,10-11,13,15,28H,6,9,12,14,16-17H2,1-4H3,(H,29,31,32)/t27-/m1/s1. The molecule has 9 nitrogen and oxygen atoms in total. The molecule has 36 heavy (non-hydrogen) atoms. The Morgan fingerprint density at radius 3 is 2.75 bits per heavy atom. The smallest absolute Gasteiger partial charge is 0.229 e. The lowest BCUT2D eigenvalue weighted by Gasteiger charge is -2.24. The van der Waals surface area contributed by atoms with Gasteiger partial charge in [-0.15, -0.1) is 0 Å². The molecule has 1 aromatic carbocycles. The maximum absolute atomic E-state index is 12.2. The maximum Gasteiger partial charge on any atom is 0.229 e. The second-order valence-corrected chi connectivity index (χ2v) is 9.80. The van der Waals surface area contributed by atoms with Crippen LogP contribution in [-0.4, -0.2) is 54.7 Å². The highest BCUT2D eigenvalue weighted by atomic mass is 16.5. The third-order valence-electron chi connectivity index (χ3n) is 6.89. The van der Waals surface area contributed by atoms with Gasteiger partial charge in [-0.3, -0.25) is 4.79 Å². The van der Waals surface area contributed by atoms with Gasteiger partial charge in [0.1, 0.15) is 11.6 Å². The minimum Gasteiger partial charge on any atom is -0.384 e. The molecule has 2 N–H and O–H groups in total. The molecule has 1 amide bonds. The number of hydrogen-bond acceptors (Lipinski definition) is 8. The molecular weight excluding hydrogens is 454 g/mol. The third kappa shape index (κ3) is 4.52. The van der Waals surface area contributed by atoms with Crippen molar-refractivity contribution in [3.8, 4) is 0 Å². The lowest BCUT2D eigenvalue weighted by atomic mass is 9.87. The molecule has 2 aromatic heterocycles. The Morgan fingerprint density at radius 1 is 1.17 bits per heavy atom. The molecule has 0 saturated carbocycles. The number of hydrogen-bond donors (Lipinski definition) is 2. The van der Waals surface area contributed by atoms with E-state index >= 15 is 0 Å². The molecule has 1 fully saturated rings. The van der Waals surface area contributed by atoms with Crippen molar-refractivity contribution in [1.82, 2.24) is 20.3 Å². The molecule has 1 saturated heterocycles. The van der Waals surface area contributed by atoms with E-state index in [1.165, 1.54) is 0 Å². The number of benzene rings is 1. The van der Waals surface area contributed by atoms with Crippen LogP contribution in [0.2, 0.25) is 0 Å². The topological polar surface area (TPSA) is 95.5 Å². The van der Waals surface area contributed by atoms with Crippen LogP contribution < -0.4 is 20.4 Å². The highest BCUT2D eigenvalue weighted by molar-refractivity contribution is 5.96. The predicted octanol–water partition coefficient (Wildman–Crippen LogP) is 3.83. The number of aromatic nitrogens is 3. The monoisotopic (exact) mass is 487 g/mol. The van der Waals surface area contributed by atoms with Crippen molar-refractivity contribution in [2.75, 3.05) is 49.0 Å². The molecule has 2 aliphatic rings. The molecule has 188 valence electrons. The summed E-state index contributed by atoms with van der Waals surface area (Å²) in [5, 5.41) is 6.52. The average molecular weight is 488 g/mol. The van der Waals surface area contributed by atoms with Gasteiger partial charge in [0, 0.05) is 61.7 Å². The number of nitrogens with zero attached hydrogens (tertiary/aromatic N) is 5. The number of carbonyl (C=O) groups is 1. The Balaban J connectivity index is 1.46. The molecule has 0 unspecified atom stereocenters. The summed E-state index contributed by atoms with van der Waals surface area (Å²) in [6, 6.07) is 12.1. The molecule has 0 aliphatic carbocycles. The second-order valence-electron chi connectivity index (χ2n) is 9.80. The molecule has 4 heterocycles. The predicted molar refractivity (Wildman–Crippen MR) is 141 cm³/mol. The number of fused-ring (bicyclic) bond motifs is 1. The normalized spacial score (nSPS) is 19.2. The fourth-order valence-electron chi connectivity index (χ4n) is 5.17. The number of rotatable bonds is 8. The van der Waals surface area contributed by atoms with Gasteiger partial charge in [0.15, 0.2) is 0 Å². The Labute approximate surface area is 211 Å². The van der Waals surface area contributed by atoms with E-state index in [4.69, 9.17) is 14.7 Å².